The van der Waals surface area contributed by atoms with Crippen LogP contribution in [0.25, 0.3) is 16.6 Å². The summed E-state index contributed by atoms with van der Waals surface area (Å²) >= 11 is 0. The number of benzene rings is 3. The number of aryl methyl sites for hydroxylation is 1. The van der Waals surface area contributed by atoms with Crippen LogP contribution >= 0.6 is 0 Å². The zero-order valence-corrected chi connectivity index (χ0v) is 38.2. The van der Waals surface area contributed by atoms with Crippen molar-refractivity contribution in [2.24, 2.45) is 11.3 Å². The second-order valence-electron chi connectivity index (χ2n) is 18.5. The maximum Gasteiger partial charge on any atom is 0.416 e. The minimum Gasteiger partial charge on any atom is -0.455 e. The number of nitro benzene ring substituents is 1. The van der Waals surface area contributed by atoms with E-state index in [1.807, 2.05) is 6.07 Å². The molecule has 13 nitrogen and oxygen atoms in total. The molecule has 4 heterocycles. The number of H-pyrrole nitrogens is 1. The van der Waals surface area contributed by atoms with Crippen LogP contribution in [0.2, 0.25) is 0 Å². The van der Waals surface area contributed by atoms with E-state index in [1.54, 1.807) is 43.5 Å². The number of carbonyl (C=O) groups excluding carboxylic acids is 1. The van der Waals surface area contributed by atoms with E-state index in [0.717, 1.165) is 73.4 Å². The monoisotopic (exact) mass is 928 g/mol. The normalized spacial score (nSPS) is 18.4. The fourth-order valence-corrected chi connectivity index (χ4v) is 10.5. The predicted octanol–water partition coefficient (Wildman–Crippen LogP) is 10.3. The predicted molar refractivity (Wildman–Crippen MR) is 248 cm³/mol. The number of allylic oxidation sites excluding steroid dienone is 1. The Balaban J connectivity index is 0.996. The summed E-state index contributed by atoms with van der Waals surface area (Å²) in [5.41, 5.74) is 4.43. The third-order valence-corrected chi connectivity index (χ3v) is 14.7. The molecule has 5 aromatic rings. The molecule has 3 aliphatic rings. The minimum absolute atomic E-state index is 0.0158. The smallest absolute Gasteiger partial charge is 0.416 e. The molecule has 350 valence electrons. The number of pyridine rings is 1. The van der Waals surface area contributed by atoms with Crippen LogP contribution in [0, 0.1) is 28.4 Å². The lowest BCUT2D eigenvalue weighted by molar-refractivity contribution is -0.384. The number of hydrogen-bond acceptors (Lipinski definition) is 11. The molecule has 2 aromatic heterocycles. The average Bonchev–Trinajstić information content (AvgIpc) is 3.75. The van der Waals surface area contributed by atoms with Gasteiger partial charge in [0.05, 0.1) is 27.1 Å². The number of alkyl halides is 3. The largest absolute Gasteiger partial charge is 0.455 e. The molecule has 1 unspecified atom stereocenters. The maximum absolute atomic E-state index is 14.1. The number of hydrogen-bond donors (Lipinski definition) is 2. The van der Waals surface area contributed by atoms with Gasteiger partial charge in [-0.3, -0.25) is 19.8 Å². The van der Waals surface area contributed by atoms with Crippen LogP contribution in [-0.2, 0) is 20.8 Å². The van der Waals surface area contributed by atoms with Gasteiger partial charge in [0, 0.05) is 81.9 Å². The van der Waals surface area contributed by atoms with Crippen LogP contribution in [-0.4, -0.2) is 92.2 Å². The number of halogens is 3. The van der Waals surface area contributed by atoms with Crippen LogP contribution in [0.15, 0.2) is 89.6 Å². The third-order valence-electron chi connectivity index (χ3n) is 13.1. The summed E-state index contributed by atoms with van der Waals surface area (Å²) in [6.45, 7) is 11.3. The van der Waals surface area contributed by atoms with Crippen molar-refractivity contribution in [3.63, 3.8) is 0 Å². The number of piperazine rings is 1. The quantitative estimate of drug-likeness (QED) is 0.0584. The number of carbonyl (C=O) groups is 1. The van der Waals surface area contributed by atoms with E-state index in [9.17, 15) is 36.5 Å². The molecule has 2 aliphatic heterocycles. The van der Waals surface area contributed by atoms with E-state index in [2.05, 4.69) is 38.9 Å². The number of nitrogens with zero attached hydrogens (tertiary/aromatic N) is 4. The fourth-order valence-electron chi connectivity index (χ4n) is 9.32. The lowest BCUT2D eigenvalue weighted by Crippen LogP contribution is -2.47. The van der Waals surface area contributed by atoms with E-state index in [4.69, 9.17) is 9.47 Å². The summed E-state index contributed by atoms with van der Waals surface area (Å²) in [7, 11) is -4.35. The molecule has 17 heteroatoms. The van der Waals surface area contributed by atoms with Crippen molar-refractivity contribution < 1.29 is 40.8 Å². The molecule has 2 fully saturated rings. The van der Waals surface area contributed by atoms with Gasteiger partial charge in [-0.1, -0.05) is 25.5 Å². The number of ketones is 1. The Bertz CT molecular complexity index is 2760. The molecule has 66 heavy (non-hydrogen) atoms. The number of fused-ring (bicyclic) bond motifs is 1. The Morgan fingerprint density at radius 3 is 2.59 bits per heavy atom. The molecule has 1 aliphatic carbocycles. The molecular weight excluding hydrogens is 874 g/mol. The highest BCUT2D eigenvalue weighted by Gasteiger charge is 2.34. The van der Waals surface area contributed by atoms with Gasteiger partial charge >= 0.3 is 6.18 Å². The topological polar surface area (TPSA) is 160 Å². The molecular formula is C49H55F3N6O7S. The summed E-state index contributed by atoms with van der Waals surface area (Å²) in [6.07, 6.45) is 4.17. The summed E-state index contributed by atoms with van der Waals surface area (Å²) in [4.78, 5) is 37.2. The zero-order valence-electron chi connectivity index (χ0n) is 37.4. The van der Waals surface area contributed by atoms with E-state index in [-0.39, 0.29) is 27.3 Å². The molecule has 2 saturated heterocycles. The highest BCUT2D eigenvalue weighted by molar-refractivity contribution is 7.92. The van der Waals surface area contributed by atoms with Crippen molar-refractivity contribution in [3.8, 4) is 11.5 Å². The van der Waals surface area contributed by atoms with Gasteiger partial charge in [-0.15, -0.1) is 0 Å². The Morgan fingerprint density at radius 1 is 1.06 bits per heavy atom. The number of nitro groups is 1. The van der Waals surface area contributed by atoms with Gasteiger partial charge in [0.15, 0.2) is 15.6 Å². The van der Waals surface area contributed by atoms with Crippen molar-refractivity contribution in [3.05, 3.63) is 117 Å². The van der Waals surface area contributed by atoms with Crippen LogP contribution in [0.1, 0.15) is 79.4 Å². The number of aromatic amines is 1. The Hall–Kier alpha value is -5.78. The lowest BCUT2D eigenvalue weighted by atomic mass is 9.72. The molecule has 0 amide bonds. The number of nitrogens with one attached hydrogen (secondary N) is 2. The van der Waals surface area contributed by atoms with Crippen LogP contribution in [0.3, 0.4) is 0 Å². The standard InChI is InChI=1S/C49H55F3N6O7S/c1-32-23-36(49(50,51)52)6-9-40(32)42-27-48(2,3)15-12-35(42)29-56-18-20-57(21-19-56)37-7-10-41(46(25-37)65-38-24-34-14-17-54-47(34)55-28-38)45(59)31-66(62,63)39-8-11-43(44(26-39)58(60)61)53-16-13-33-5-4-22-64-30-33/h6-11,14,17,23-26,28,33,53H,4-5,12-13,15-16,18-22,27,29-31H2,1-3H3,(H,54,55). The first kappa shape index (κ1) is 46.7. The van der Waals surface area contributed by atoms with Gasteiger partial charge in [0.25, 0.3) is 5.69 Å². The number of ether oxygens (including phenoxy) is 2. The third kappa shape index (κ3) is 10.9. The van der Waals surface area contributed by atoms with Gasteiger partial charge in [-0.2, -0.15) is 13.2 Å². The number of Topliss-reactive ketones (excluding diaryl/α,β-unsaturated/α-hetero) is 1. The van der Waals surface area contributed by atoms with Crippen LogP contribution in [0.4, 0.5) is 30.2 Å². The summed E-state index contributed by atoms with van der Waals surface area (Å²) in [5, 5.41) is 16.0. The molecule has 0 spiro atoms. The van der Waals surface area contributed by atoms with E-state index in [0.29, 0.717) is 68.8 Å². The first-order valence-corrected chi connectivity index (χ1v) is 24.1. The number of aromatic nitrogens is 2. The first-order valence-electron chi connectivity index (χ1n) is 22.4. The van der Waals surface area contributed by atoms with E-state index < -0.39 is 43.7 Å². The highest BCUT2D eigenvalue weighted by Crippen LogP contribution is 2.45. The van der Waals surface area contributed by atoms with Gasteiger partial charge in [-0.25, -0.2) is 13.4 Å². The van der Waals surface area contributed by atoms with Crippen LogP contribution < -0.4 is 15.0 Å². The molecule has 8 rings (SSSR count). The Kier molecular flexibility index (Phi) is 13.6. The molecule has 3 aromatic carbocycles. The number of sulfone groups is 1. The summed E-state index contributed by atoms with van der Waals surface area (Å²) in [6, 6.07) is 16.3. The SMILES string of the molecule is Cc1cc(C(F)(F)F)ccc1C1=C(CN2CCN(c3ccc(C(=O)CS(=O)(=O)c4ccc(NCCC5CCCOC5)c([N+](=O)[O-])c4)c(Oc4cnc5[nH]ccc5c4)c3)CC2)CCC(C)(C)C1. The van der Waals surface area contributed by atoms with Gasteiger partial charge in [-0.05, 0) is 122 Å². The second kappa shape index (κ2) is 19.2. The summed E-state index contributed by atoms with van der Waals surface area (Å²) in [5.74, 6) is -0.903. The van der Waals surface area contributed by atoms with Crippen molar-refractivity contribution in [1.29, 1.82) is 0 Å². The van der Waals surface area contributed by atoms with Crippen molar-refractivity contribution >= 4 is 49.3 Å². The Labute approximate surface area is 382 Å². The highest BCUT2D eigenvalue weighted by atomic mass is 32.2. The Morgan fingerprint density at radius 2 is 1.86 bits per heavy atom. The lowest BCUT2D eigenvalue weighted by Gasteiger charge is -2.39. The number of rotatable bonds is 15. The van der Waals surface area contributed by atoms with Crippen LogP contribution in [0.5, 0.6) is 11.5 Å². The molecule has 1 atom stereocenters. The van der Waals surface area contributed by atoms with Gasteiger partial charge in [0.2, 0.25) is 0 Å². The van der Waals surface area contributed by atoms with Gasteiger partial charge < -0.3 is 24.7 Å². The molecule has 0 saturated carbocycles. The number of anilines is 2. The van der Waals surface area contributed by atoms with Gasteiger partial charge in [0.1, 0.15) is 28.6 Å². The molecule has 0 bridgehead atoms. The first-order chi connectivity index (χ1) is 31.4. The summed E-state index contributed by atoms with van der Waals surface area (Å²) < 4.78 is 80.1. The van der Waals surface area contributed by atoms with E-state index >= 15 is 0 Å². The maximum atomic E-state index is 14.1. The van der Waals surface area contributed by atoms with Crippen molar-refractivity contribution in [1.82, 2.24) is 14.9 Å². The zero-order chi connectivity index (χ0) is 46.8. The van der Waals surface area contributed by atoms with Crippen molar-refractivity contribution in [2.45, 2.75) is 70.4 Å². The minimum atomic E-state index is -4.41. The molecule has 0 radical (unpaired) electrons. The van der Waals surface area contributed by atoms with E-state index in [1.165, 1.54) is 36.0 Å². The average molecular weight is 929 g/mol. The fraction of sp³-hybridized carbons (Fsp3) is 0.429. The van der Waals surface area contributed by atoms with Crippen molar-refractivity contribution in [2.75, 3.05) is 68.5 Å². The molecule has 2 N–H and O–H groups in total. The second-order valence-corrected chi connectivity index (χ2v) is 20.5.